The lowest BCUT2D eigenvalue weighted by Crippen LogP contribution is -2.63. The van der Waals surface area contributed by atoms with E-state index in [0.29, 0.717) is 23.7 Å². The number of nitrogens with one attached hydrogen (secondary N) is 1. The third kappa shape index (κ3) is 4.48. The molecule has 224 valence electrons. The minimum absolute atomic E-state index is 0.0218. The van der Waals surface area contributed by atoms with Gasteiger partial charge in [-0.15, -0.1) is 0 Å². The van der Waals surface area contributed by atoms with Gasteiger partial charge in [0.05, 0.1) is 23.2 Å². The first-order valence-corrected chi connectivity index (χ1v) is 14.2. The van der Waals surface area contributed by atoms with E-state index in [1.54, 1.807) is 0 Å². The molecule has 2 heterocycles. The van der Waals surface area contributed by atoms with Crippen LogP contribution < -0.4 is 4.74 Å². The molecule has 6 unspecified atom stereocenters. The standard InChI is InChI=1S/C31H35NO10/c33-11-4-12-40-26-27(42-31(39,28(26)36)30(38)10-3-7-20(30)15-34)29(37)41-25-23(16-35)32-22-9-8-19-13-17-5-1-2-6-18(17)14-21(19)24(22)25/h1-2,5-6,8-9,13-14,20,26-28,32-36,38-39H,3-4,7,10-12,15-16H2. The van der Waals surface area contributed by atoms with Crippen LogP contribution in [0.1, 0.15) is 31.4 Å². The Labute approximate surface area is 240 Å². The number of aliphatic hydroxyl groups is 6. The minimum Gasteiger partial charge on any atom is -0.422 e. The lowest BCUT2D eigenvalue weighted by atomic mass is 9.80. The Kier molecular flexibility index (Phi) is 7.71. The first-order chi connectivity index (χ1) is 20.3. The maximum absolute atomic E-state index is 13.8. The van der Waals surface area contributed by atoms with Crippen molar-refractivity contribution >= 4 is 38.4 Å². The van der Waals surface area contributed by atoms with E-state index in [2.05, 4.69) is 4.98 Å². The van der Waals surface area contributed by atoms with E-state index in [1.807, 2.05) is 48.5 Å². The number of hydrogen-bond acceptors (Lipinski definition) is 10. The molecule has 42 heavy (non-hydrogen) atoms. The summed E-state index contributed by atoms with van der Waals surface area (Å²) in [6, 6.07) is 15.6. The molecule has 11 nitrogen and oxygen atoms in total. The van der Waals surface area contributed by atoms with Crippen molar-refractivity contribution in [3.8, 4) is 5.75 Å². The van der Waals surface area contributed by atoms with Gasteiger partial charge < -0.3 is 49.8 Å². The van der Waals surface area contributed by atoms with E-state index in [0.717, 1.165) is 21.5 Å². The number of carbonyl (C=O) groups is 1. The maximum atomic E-state index is 13.8. The van der Waals surface area contributed by atoms with Gasteiger partial charge in [0, 0.05) is 25.7 Å². The summed E-state index contributed by atoms with van der Waals surface area (Å²) in [7, 11) is 0. The second kappa shape index (κ2) is 11.2. The number of rotatable bonds is 9. The summed E-state index contributed by atoms with van der Waals surface area (Å²) in [6.45, 7) is -1.22. The summed E-state index contributed by atoms with van der Waals surface area (Å²) in [5.74, 6) is -4.40. The minimum atomic E-state index is -2.64. The Balaban J connectivity index is 1.40. The van der Waals surface area contributed by atoms with Crippen LogP contribution in [-0.2, 0) is 20.9 Å². The molecule has 1 saturated carbocycles. The van der Waals surface area contributed by atoms with Crippen molar-refractivity contribution in [2.75, 3.05) is 19.8 Å². The molecule has 4 aromatic rings. The molecule has 0 radical (unpaired) electrons. The van der Waals surface area contributed by atoms with E-state index in [1.165, 1.54) is 0 Å². The van der Waals surface area contributed by atoms with Crippen LogP contribution in [-0.4, -0.2) is 91.1 Å². The van der Waals surface area contributed by atoms with Crippen molar-refractivity contribution in [1.82, 2.24) is 4.98 Å². The Morgan fingerprint density at radius 2 is 1.81 bits per heavy atom. The number of ether oxygens (including phenoxy) is 3. The molecule has 2 fully saturated rings. The molecule has 1 saturated heterocycles. The molecule has 0 spiro atoms. The summed E-state index contributed by atoms with van der Waals surface area (Å²) in [5.41, 5.74) is -1.20. The van der Waals surface area contributed by atoms with Gasteiger partial charge in [-0.25, -0.2) is 4.79 Å². The summed E-state index contributed by atoms with van der Waals surface area (Å²) < 4.78 is 17.4. The first kappa shape index (κ1) is 29.0. The highest BCUT2D eigenvalue weighted by Gasteiger charge is 2.69. The highest BCUT2D eigenvalue weighted by molar-refractivity contribution is 6.14. The maximum Gasteiger partial charge on any atom is 0.343 e. The SMILES string of the molecule is O=C(Oc1c(CO)[nH]c2ccc3cc4ccccc4cc3c12)C1OC(O)(C2(O)CCCC2CO)C(O)C1OCCCO. The number of benzene rings is 3. The lowest BCUT2D eigenvalue weighted by molar-refractivity contribution is -0.325. The topological polar surface area (TPSA) is 182 Å². The van der Waals surface area contributed by atoms with Gasteiger partial charge in [0.1, 0.15) is 17.8 Å². The van der Waals surface area contributed by atoms with Crippen LogP contribution in [0.5, 0.6) is 5.75 Å². The monoisotopic (exact) mass is 581 g/mol. The van der Waals surface area contributed by atoms with Crippen LogP contribution in [0.15, 0.2) is 48.5 Å². The Morgan fingerprint density at radius 3 is 2.52 bits per heavy atom. The number of aromatic amines is 1. The molecule has 2 aliphatic rings. The summed E-state index contributed by atoms with van der Waals surface area (Å²) in [4.78, 5) is 16.9. The third-order valence-electron chi connectivity index (χ3n) is 8.82. The molecule has 6 atom stereocenters. The summed E-state index contributed by atoms with van der Waals surface area (Å²) in [6.07, 6.45) is -3.96. The van der Waals surface area contributed by atoms with Crippen molar-refractivity contribution < 1.29 is 49.6 Å². The zero-order valence-corrected chi connectivity index (χ0v) is 22.9. The number of carbonyl (C=O) groups excluding carboxylic acids is 1. The molecule has 0 amide bonds. The normalized spacial score (nSPS) is 29.7. The van der Waals surface area contributed by atoms with Gasteiger partial charge in [-0.1, -0.05) is 30.3 Å². The van der Waals surface area contributed by atoms with E-state index < -0.39 is 54.8 Å². The predicted octanol–water partition coefficient (Wildman–Crippen LogP) is 1.61. The molecule has 11 heteroatoms. The van der Waals surface area contributed by atoms with E-state index >= 15 is 0 Å². The molecular formula is C31H35NO10. The quantitative estimate of drug-likeness (QED) is 0.0871. The highest BCUT2D eigenvalue weighted by Crippen LogP contribution is 2.50. The van der Waals surface area contributed by atoms with Gasteiger partial charge in [0.25, 0.3) is 0 Å². The Morgan fingerprint density at radius 1 is 1.05 bits per heavy atom. The van der Waals surface area contributed by atoms with Crippen LogP contribution in [0.3, 0.4) is 0 Å². The lowest BCUT2D eigenvalue weighted by Gasteiger charge is -2.42. The van der Waals surface area contributed by atoms with Crippen LogP contribution in [0, 0.1) is 5.92 Å². The van der Waals surface area contributed by atoms with Gasteiger partial charge in [-0.2, -0.15) is 0 Å². The predicted molar refractivity (Wildman–Crippen MR) is 152 cm³/mol. The zero-order valence-electron chi connectivity index (χ0n) is 22.9. The number of aromatic nitrogens is 1. The van der Waals surface area contributed by atoms with Gasteiger partial charge >= 0.3 is 5.97 Å². The van der Waals surface area contributed by atoms with Crippen molar-refractivity contribution in [3.63, 3.8) is 0 Å². The summed E-state index contributed by atoms with van der Waals surface area (Å²) in [5, 5.41) is 67.8. The Hall–Kier alpha value is -3.13. The number of hydrogen-bond donors (Lipinski definition) is 7. The molecule has 1 aromatic heterocycles. The molecule has 1 aliphatic heterocycles. The fourth-order valence-electron chi connectivity index (χ4n) is 6.61. The molecular weight excluding hydrogens is 546 g/mol. The molecule has 3 aromatic carbocycles. The average Bonchev–Trinajstić information content (AvgIpc) is 3.65. The van der Waals surface area contributed by atoms with Crippen molar-refractivity contribution in [2.45, 2.75) is 62.0 Å². The van der Waals surface area contributed by atoms with Gasteiger partial charge in [0.2, 0.25) is 5.79 Å². The van der Waals surface area contributed by atoms with Crippen molar-refractivity contribution in [3.05, 3.63) is 54.2 Å². The Bertz CT molecular complexity index is 1620. The van der Waals surface area contributed by atoms with Crippen LogP contribution in [0.4, 0.5) is 0 Å². The fourth-order valence-corrected chi connectivity index (χ4v) is 6.61. The number of H-pyrrole nitrogens is 1. The number of aliphatic hydroxyl groups excluding tert-OH is 4. The van der Waals surface area contributed by atoms with Crippen LogP contribution >= 0.6 is 0 Å². The van der Waals surface area contributed by atoms with E-state index in [-0.39, 0.29) is 37.5 Å². The van der Waals surface area contributed by atoms with Crippen molar-refractivity contribution in [1.29, 1.82) is 0 Å². The fraction of sp³-hybridized carbons (Fsp3) is 0.452. The van der Waals surface area contributed by atoms with Crippen LogP contribution in [0.2, 0.25) is 0 Å². The smallest absolute Gasteiger partial charge is 0.343 e. The largest absolute Gasteiger partial charge is 0.422 e. The number of fused-ring (bicyclic) bond motifs is 4. The first-order valence-electron chi connectivity index (χ1n) is 14.2. The zero-order chi connectivity index (χ0) is 29.6. The molecule has 0 bridgehead atoms. The van der Waals surface area contributed by atoms with Gasteiger partial charge in [-0.3, -0.25) is 0 Å². The second-order valence-electron chi connectivity index (χ2n) is 11.2. The number of esters is 1. The third-order valence-corrected chi connectivity index (χ3v) is 8.82. The van der Waals surface area contributed by atoms with Gasteiger partial charge in [0.15, 0.2) is 11.9 Å². The highest BCUT2D eigenvalue weighted by atomic mass is 16.7. The van der Waals surface area contributed by atoms with Crippen molar-refractivity contribution in [2.24, 2.45) is 5.92 Å². The van der Waals surface area contributed by atoms with Gasteiger partial charge in [-0.05, 0) is 65.4 Å². The molecule has 1 aliphatic carbocycles. The summed E-state index contributed by atoms with van der Waals surface area (Å²) >= 11 is 0. The molecule has 6 rings (SSSR count). The second-order valence-corrected chi connectivity index (χ2v) is 11.2. The van der Waals surface area contributed by atoms with E-state index in [4.69, 9.17) is 14.2 Å². The van der Waals surface area contributed by atoms with Crippen LogP contribution in [0.25, 0.3) is 32.4 Å². The average molecular weight is 582 g/mol. The van der Waals surface area contributed by atoms with E-state index in [9.17, 15) is 35.4 Å². The molecule has 7 N–H and O–H groups in total.